The Bertz CT molecular complexity index is 476. The summed E-state index contributed by atoms with van der Waals surface area (Å²) in [6, 6.07) is 8.48. The molecule has 0 radical (unpaired) electrons. The fraction of sp³-hybridized carbons (Fsp3) is 0.611. The van der Waals surface area contributed by atoms with E-state index in [2.05, 4.69) is 36.1 Å². The molecule has 2 atom stereocenters. The van der Waals surface area contributed by atoms with E-state index in [-0.39, 0.29) is 11.8 Å². The minimum atomic E-state index is 0.0892. The highest BCUT2D eigenvalue weighted by atomic mass is 16.1. The van der Waals surface area contributed by atoms with Gasteiger partial charge in [-0.15, -0.1) is 0 Å². The number of nitrogens with zero attached hydrogens (tertiary/aromatic N) is 1. The van der Waals surface area contributed by atoms with Crippen molar-refractivity contribution in [3.63, 3.8) is 0 Å². The minimum Gasteiger partial charge on any atom is -0.303 e. The molecule has 0 saturated carbocycles. The topological polar surface area (TPSA) is 20.3 Å². The zero-order chi connectivity index (χ0) is 13.9. The molecular formula is C18H25NO. The van der Waals surface area contributed by atoms with Crippen molar-refractivity contribution < 1.29 is 4.79 Å². The molecule has 0 spiro atoms. The lowest BCUT2D eigenvalue weighted by Gasteiger charge is -2.31. The average Bonchev–Trinajstić information content (AvgIpc) is 2.50. The number of benzene rings is 1. The van der Waals surface area contributed by atoms with Crippen LogP contribution in [-0.2, 0) is 11.2 Å². The van der Waals surface area contributed by atoms with Crippen LogP contribution in [0.15, 0.2) is 24.3 Å². The predicted molar refractivity (Wildman–Crippen MR) is 82.0 cm³/mol. The number of ketones is 1. The van der Waals surface area contributed by atoms with E-state index in [0.717, 1.165) is 19.4 Å². The Hall–Kier alpha value is -1.15. The zero-order valence-corrected chi connectivity index (χ0v) is 12.5. The monoisotopic (exact) mass is 271 g/mol. The molecule has 0 amide bonds. The molecule has 2 aliphatic rings. The van der Waals surface area contributed by atoms with E-state index >= 15 is 0 Å². The highest BCUT2D eigenvalue weighted by Crippen LogP contribution is 2.33. The lowest BCUT2D eigenvalue weighted by molar-refractivity contribution is -0.124. The lowest BCUT2D eigenvalue weighted by Crippen LogP contribution is -2.35. The van der Waals surface area contributed by atoms with Gasteiger partial charge in [-0.2, -0.15) is 0 Å². The summed E-state index contributed by atoms with van der Waals surface area (Å²) < 4.78 is 0. The van der Waals surface area contributed by atoms with E-state index in [0.29, 0.717) is 5.78 Å². The second kappa shape index (κ2) is 6.09. The van der Waals surface area contributed by atoms with E-state index < -0.39 is 0 Å². The highest BCUT2D eigenvalue weighted by molar-refractivity contribution is 5.89. The standard InChI is InChI=1S/C18H25NO/c1-14-17-8-4-3-7-15(17)13-16(18(14)20)9-12-19-10-5-2-6-11-19/h3-4,7-8,14,16H,2,5-6,9-13H2,1H3. The van der Waals surface area contributed by atoms with Crippen LogP contribution >= 0.6 is 0 Å². The first kappa shape index (κ1) is 13.8. The number of hydrogen-bond donors (Lipinski definition) is 0. The van der Waals surface area contributed by atoms with E-state index in [1.165, 1.54) is 43.5 Å². The van der Waals surface area contributed by atoms with Gasteiger partial charge >= 0.3 is 0 Å². The molecule has 3 rings (SSSR count). The van der Waals surface area contributed by atoms with Crippen LogP contribution in [0.25, 0.3) is 0 Å². The first-order chi connectivity index (χ1) is 9.75. The first-order valence-electron chi connectivity index (χ1n) is 8.09. The van der Waals surface area contributed by atoms with Gasteiger partial charge in [0.25, 0.3) is 0 Å². The third-order valence-electron chi connectivity index (χ3n) is 5.06. The van der Waals surface area contributed by atoms with Crippen LogP contribution in [0.1, 0.15) is 49.7 Å². The number of carbonyl (C=O) groups is 1. The Labute approximate surface area is 122 Å². The second-order valence-electron chi connectivity index (χ2n) is 6.41. The minimum absolute atomic E-state index is 0.0892. The normalized spacial score (nSPS) is 27.4. The van der Waals surface area contributed by atoms with Crippen LogP contribution in [0.2, 0.25) is 0 Å². The summed E-state index contributed by atoms with van der Waals surface area (Å²) >= 11 is 0. The number of piperidine rings is 1. The van der Waals surface area contributed by atoms with Gasteiger partial charge in [0.1, 0.15) is 5.78 Å². The third kappa shape index (κ3) is 2.80. The van der Waals surface area contributed by atoms with Crippen molar-refractivity contribution >= 4 is 5.78 Å². The van der Waals surface area contributed by atoms with Gasteiger partial charge in [-0.25, -0.2) is 0 Å². The maximum Gasteiger partial charge on any atom is 0.143 e. The average molecular weight is 271 g/mol. The summed E-state index contributed by atoms with van der Waals surface area (Å²) in [7, 11) is 0. The Balaban J connectivity index is 1.64. The molecule has 0 bridgehead atoms. The Morgan fingerprint density at radius 2 is 1.90 bits per heavy atom. The number of hydrogen-bond acceptors (Lipinski definition) is 2. The summed E-state index contributed by atoms with van der Waals surface area (Å²) in [5, 5.41) is 0. The summed E-state index contributed by atoms with van der Waals surface area (Å²) in [6.07, 6.45) is 6.03. The van der Waals surface area contributed by atoms with Crippen molar-refractivity contribution in [3.8, 4) is 0 Å². The van der Waals surface area contributed by atoms with Gasteiger partial charge in [0, 0.05) is 11.8 Å². The van der Waals surface area contributed by atoms with Crippen molar-refractivity contribution in [2.45, 2.75) is 44.9 Å². The van der Waals surface area contributed by atoms with Crippen molar-refractivity contribution in [2.24, 2.45) is 5.92 Å². The van der Waals surface area contributed by atoms with Gasteiger partial charge in [0.15, 0.2) is 0 Å². The number of Topliss-reactive ketones (excluding diaryl/α,β-unsaturated/α-hetero) is 1. The molecule has 1 aliphatic carbocycles. The van der Waals surface area contributed by atoms with Crippen LogP contribution in [0.3, 0.4) is 0 Å². The van der Waals surface area contributed by atoms with E-state index in [1.807, 2.05) is 0 Å². The summed E-state index contributed by atoms with van der Waals surface area (Å²) in [6.45, 7) is 5.64. The van der Waals surface area contributed by atoms with Gasteiger partial charge < -0.3 is 4.90 Å². The number of fused-ring (bicyclic) bond motifs is 1. The Morgan fingerprint density at radius 3 is 2.70 bits per heavy atom. The van der Waals surface area contributed by atoms with Crippen molar-refractivity contribution in [1.82, 2.24) is 4.90 Å². The summed E-state index contributed by atoms with van der Waals surface area (Å²) in [5.41, 5.74) is 2.65. The molecule has 1 saturated heterocycles. The zero-order valence-electron chi connectivity index (χ0n) is 12.5. The fourth-order valence-corrected chi connectivity index (χ4v) is 3.78. The van der Waals surface area contributed by atoms with Crippen LogP contribution in [0.4, 0.5) is 0 Å². The summed E-state index contributed by atoms with van der Waals surface area (Å²) in [4.78, 5) is 15.1. The van der Waals surface area contributed by atoms with Crippen LogP contribution in [0, 0.1) is 5.92 Å². The molecule has 1 heterocycles. The number of carbonyl (C=O) groups excluding carboxylic acids is 1. The van der Waals surface area contributed by atoms with Gasteiger partial charge in [0.2, 0.25) is 0 Å². The molecule has 2 heteroatoms. The smallest absolute Gasteiger partial charge is 0.143 e. The van der Waals surface area contributed by atoms with Crippen molar-refractivity contribution in [2.75, 3.05) is 19.6 Å². The fourth-order valence-electron chi connectivity index (χ4n) is 3.78. The molecular weight excluding hydrogens is 246 g/mol. The molecule has 1 aliphatic heterocycles. The molecule has 2 nitrogen and oxygen atoms in total. The highest BCUT2D eigenvalue weighted by Gasteiger charge is 2.31. The van der Waals surface area contributed by atoms with Crippen LogP contribution in [-0.4, -0.2) is 30.3 Å². The van der Waals surface area contributed by atoms with E-state index in [1.54, 1.807) is 0 Å². The molecule has 2 unspecified atom stereocenters. The van der Waals surface area contributed by atoms with Crippen LogP contribution < -0.4 is 0 Å². The maximum atomic E-state index is 12.5. The molecule has 1 aromatic carbocycles. The molecule has 0 N–H and O–H groups in total. The summed E-state index contributed by atoms with van der Waals surface area (Å²) in [5.74, 6) is 0.786. The van der Waals surface area contributed by atoms with Gasteiger partial charge in [-0.05, 0) is 56.4 Å². The molecule has 1 aromatic rings. The molecule has 0 aromatic heterocycles. The second-order valence-corrected chi connectivity index (χ2v) is 6.41. The number of likely N-dealkylation sites (tertiary alicyclic amines) is 1. The third-order valence-corrected chi connectivity index (χ3v) is 5.06. The first-order valence-corrected chi connectivity index (χ1v) is 8.09. The van der Waals surface area contributed by atoms with E-state index in [4.69, 9.17) is 0 Å². The van der Waals surface area contributed by atoms with Gasteiger partial charge in [-0.3, -0.25) is 4.79 Å². The molecule has 1 fully saturated rings. The van der Waals surface area contributed by atoms with E-state index in [9.17, 15) is 4.79 Å². The largest absolute Gasteiger partial charge is 0.303 e. The SMILES string of the molecule is CC1C(=O)C(CCN2CCCCC2)Cc2ccccc21. The van der Waals surface area contributed by atoms with Gasteiger partial charge in [0.05, 0.1) is 0 Å². The van der Waals surface area contributed by atoms with Crippen molar-refractivity contribution in [1.29, 1.82) is 0 Å². The predicted octanol–water partition coefficient (Wildman–Crippen LogP) is 3.41. The molecule has 20 heavy (non-hydrogen) atoms. The number of rotatable bonds is 3. The van der Waals surface area contributed by atoms with Crippen molar-refractivity contribution in [3.05, 3.63) is 35.4 Å². The Kier molecular flexibility index (Phi) is 4.21. The van der Waals surface area contributed by atoms with Crippen LogP contribution in [0.5, 0.6) is 0 Å². The Morgan fingerprint density at radius 1 is 1.15 bits per heavy atom. The molecule has 108 valence electrons. The maximum absolute atomic E-state index is 12.5. The lowest BCUT2D eigenvalue weighted by atomic mass is 9.75. The van der Waals surface area contributed by atoms with Gasteiger partial charge in [-0.1, -0.05) is 37.6 Å². The quantitative estimate of drug-likeness (QED) is 0.839.